The Morgan fingerprint density at radius 3 is 2.80 bits per heavy atom. The standard InChI is InChI=1S/C16H22N2O2/c19-14-9-12-7-3-4-8-13(12)15(14)18-16(20)17-10-11-5-1-2-6-11/h3-4,7-8,11,14-15,19H,1-2,5-6,9-10H2,(H2,17,18,20)/t14-,15+/m0/s1. The summed E-state index contributed by atoms with van der Waals surface area (Å²) >= 11 is 0. The number of urea groups is 1. The minimum absolute atomic E-state index is 0.169. The Kier molecular flexibility index (Phi) is 3.92. The highest BCUT2D eigenvalue weighted by Gasteiger charge is 2.31. The molecule has 1 saturated carbocycles. The highest BCUT2D eigenvalue weighted by atomic mass is 16.3. The molecule has 2 aliphatic rings. The molecule has 0 aliphatic heterocycles. The van der Waals surface area contributed by atoms with Gasteiger partial charge in [-0.25, -0.2) is 4.79 Å². The molecule has 20 heavy (non-hydrogen) atoms. The Morgan fingerprint density at radius 2 is 2.00 bits per heavy atom. The highest BCUT2D eigenvalue weighted by Crippen LogP contribution is 2.31. The van der Waals surface area contributed by atoms with Crippen molar-refractivity contribution in [3.05, 3.63) is 35.4 Å². The molecule has 2 atom stereocenters. The van der Waals surface area contributed by atoms with Crippen molar-refractivity contribution in [1.82, 2.24) is 10.6 Å². The zero-order chi connectivity index (χ0) is 13.9. The van der Waals surface area contributed by atoms with Gasteiger partial charge in [0.2, 0.25) is 0 Å². The van der Waals surface area contributed by atoms with Crippen molar-refractivity contribution >= 4 is 6.03 Å². The third-order valence-corrected chi connectivity index (χ3v) is 4.52. The van der Waals surface area contributed by atoms with Gasteiger partial charge in [0.15, 0.2) is 0 Å². The summed E-state index contributed by atoms with van der Waals surface area (Å²) in [6.45, 7) is 0.746. The van der Waals surface area contributed by atoms with Crippen molar-refractivity contribution in [1.29, 1.82) is 0 Å². The number of aliphatic hydroxyl groups is 1. The van der Waals surface area contributed by atoms with E-state index in [0.717, 1.165) is 17.7 Å². The van der Waals surface area contributed by atoms with Crippen LogP contribution in [-0.4, -0.2) is 23.8 Å². The van der Waals surface area contributed by atoms with Crippen LogP contribution in [0.25, 0.3) is 0 Å². The molecule has 1 aromatic rings. The molecule has 2 amide bonds. The van der Waals surface area contributed by atoms with E-state index in [-0.39, 0.29) is 12.1 Å². The SMILES string of the molecule is O=C(NCC1CCCC1)N[C@@H]1c2ccccc2C[C@@H]1O. The number of hydrogen-bond donors (Lipinski definition) is 3. The molecule has 1 fully saturated rings. The monoisotopic (exact) mass is 274 g/mol. The first-order valence-electron chi connectivity index (χ1n) is 7.54. The predicted octanol–water partition coefficient (Wildman–Crippen LogP) is 2.13. The van der Waals surface area contributed by atoms with E-state index in [0.29, 0.717) is 12.3 Å². The van der Waals surface area contributed by atoms with Crippen molar-refractivity contribution in [2.45, 2.75) is 44.2 Å². The van der Waals surface area contributed by atoms with E-state index in [9.17, 15) is 9.90 Å². The molecule has 3 N–H and O–H groups in total. The van der Waals surface area contributed by atoms with Crippen LogP contribution in [0.2, 0.25) is 0 Å². The van der Waals surface area contributed by atoms with Gasteiger partial charge < -0.3 is 15.7 Å². The van der Waals surface area contributed by atoms with E-state index in [1.807, 2.05) is 24.3 Å². The van der Waals surface area contributed by atoms with E-state index in [4.69, 9.17) is 0 Å². The van der Waals surface area contributed by atoms with Crippen LogP contribution in [0.15, 0.2) is 24.3 Å². The van der Waals surface area contributed by atoms with Gasteiger partial charge in [0.25, 0.3) is 0 Å². The molecule has 2 aliphatic carbocycles. The lowest BCUT2D eigenvalue weighted by Crippen LogP contribution is -2.42. The number of carbonyl (C=O) groups is 1. The fraction of sp³-hybridized carbons (Fsp3) is 0.562. The summed E-state index contributed by atoms with van der Waals surface area (Å²) in [6.07, 6.45) is 5.09. The summed E-state index contributed by atoms with van der Waals surface area (Å²) in [5.41, 5.74) is 2.16. The lowest BCUT2D eigenvalue weighted by molar-refractivity contribution is 0.142. The Hall–Kier alpha value is -1.55. The minimum Gasteiger partial charge on any atom is -0.390 e. The van der Waals surface area contributed by atoms with Gasteiger partial charge in [-0.3, -0.25) is 0 Å². The highest BCUT2D eigenvalue weighted by molar-refractivity contribution is 5.74. The van der Waals surface area contributed by atoms with Crippen molar-refractivity contribution < 1.29 is 9.90 Å². The van der Waals surface area contributed by atoms with E-state index >= 15 is 0 Å². The van der Waals surface area contributed by atoms with Crippen molar-refractivity contribution in [3.8, 4) is 0 Å². The van der Waals surface area contributed by atoms with Gasteiger partial charge in [0, 0.05) is 13.0 Å². The van der Waals surface area contributed by atoms with Crippen LogP contribution in [0.1, 0.15) is 42.9 Å². The molecule has 0 aromatic heterocycles. The summed E-state index contributed by atoms with van der Waals surface area (Å²) in [4.78, 5) is 12.0. The average molecular weight is 274 g/mol. The fourth-order valence-electron chi connectivity index (χ4n) is 3.39. The predicted molar refractivity (Wildman–Crippen MR) is 77.4 cm³/mol. The van der Waals surface area contributed by atoms with Crippen LogP contribution in [0.5, 0.6) is 0 Å². The number of amides is 2. The molecule has 108 valence electrons. The largest absolute Gasteiger partial charge is 0.390 e. The molecule has 0 radical (unpaired) electrons. The first kappa shape index (κ1) is 13.4. The van der Waals surface area contributed by atoms with E-state index in [2.05, 4.69) is 10.6 Å². The number of carbonyl (C=O) groups excluding carboxylic acids is 1. The van der Waals surface area contributed by atoms with Gasteiger partial charge in [-0.05, 0) is 29.9 Å². The molecule has 4 heteroatoms. The Bertz CT molecular complexity index is 483. The number of aliphatic hydroxyl groups excluding tert-OH is 1. The summed E-state index contributed by atoms with van der Waals surface area (Å²) in [5, 5.41) is 15.9. The van der Waals surface area contributed by atoms with Gasteiger partial charge in [0.1, 0.15) is 0 Å². The van der Waals surface area contributed by atoms with Crippen molar-refractivity contribution in [2.24, 2.45) is 5.92 Å². The van der Waals surface area contributed by atoms with Crippen LogP contribution in [-0.2, 0) is 6.42 Å². The second-order valence-electron chi connectivity index (χ2n) is 5.95. The van der Waals surface area contributed by atoms with E-state index < -0.39 is 6.10 Å². The lowest BCUT2D eigenvalue weighted by atomic mass is 10.1. The van der Waals surface area contributed by atoms with Crippen LogP contribution < -0.4 is 10.6 Å². The molecule has 0 unspecified atom stereocenters. The van der Waals surface area contributed by atoms with Gasteiger partial charge in [-0.2, -0.15) is 0 Å². The van der Waals surface area contributed by atoms with Crippen molar-refractivity contribution in [3.63, 3.8) is 0 Å². The Balaban J connectivity index is 1.55. The first-order valence-corrected chi connectivity index (χ1v) is 7.54. The lowest BCUT2D eigenvalue weighted by Gasteiger charge is -2.19. The first-order chi connectivity index (χ1) is 9.74. The summed E-state index contributed by atoms with van der Waals surface area (Å²) in [5.74, 6) is 0.626. The van der Waals surface area contributed by atoms with Gasteiger partial charge in [-0.1, -0.05) is 37.1 Å². The molecule has 0 spiro atoms. The summed E-state index contributed by atoms with van der Waals surface area (Å²) < 4.78 is 0. The quantitative estimate of drug-likeness (QED) is 0.790. The number of fused-ring (bicyclic) bond motifs is 1. The molecule has 0 bridgehead atoms. The van der Waals surface area contributed by atoms with Crippen molar-refractivity contribution in [2.75, 3.05) is 6.54 Å². The Labute approximate surface area is 119 Å². The maximum atomic E-state index is 12.0. The molecule has 1 aromatic carbocycles. The van der Waals surface area contributed by atoms with Gasteiger partial charge >= 0.3 is 6.03 Å². The summed E-state index contributed by atoms with van der Waals surface area (Å²) in [7, 11) is 0. The van der Waals surface area contributed by atoms with E-state index in [1.54, 1.807) is 0 Å². The average Bonchev–Trinajstić information content (AvgIpc) is 3.06. The molecule has 0 heterocycles. The van der Waals surface area contributed by atoms with Crippen LogP contribution in [0.3, 0.4) is 0 Å². The number of benzene rings is 1. The third-order valence-electron chi connectivity index (χ3n) is 4.52. The second kappa shape index (κ2) is 5.83. The van der Waals surface area contributed by atoms with Crippen LogP contribution in [0, 0.1) is 5.92 Å². The molecule has 4 nitrogen and oxygen atoms in total. The molecular formula is C16H22N2O2. The smallest absolute Gasteiger partial charge is 0.315 e. The normalized spacial score (nSPS) is 25.4. The molecular weight excluding hydrogens is 252 g/mol. The van der Waals surface area contributed by atoms with Crippen LogP contribution in [0.4, 0.5) is 4.79 Å². The summed E-state index contributed by atoms with van der Waals surface area (Å²) in [6, 6.07) is 7.45. The number of nitrogens with one attached hydrogen (secondary N) is 2. The maximum Gasteiger partial charge on any atom is 0.315 e. The van der Waals surface area contributed by atoms with Crippen LogP contribution >= 0.6 is 0 Å². The molecule has 3 rings (SSSR count). The number of rotatable bonds is 3. The van der Waals surface area contributed by atoms with Gasteiger partial charge in [0.05, 0.1) is 12.1 Å². The minimum atomic E-state index is -0.523. The zero-order valence-corrected chi connectivity index (χ0v) is 11.6. The number of hydrogen-bond acceptors (Lipinski definition) is 2. The zero-order valence-electron chi connectivity index (χ0n) is 11.6. The van der Waals surface area contributed by atoms with E-state index in [1.165, 1.54) is 25.7 Å². The Morgan fingerprint density at radius 1 is 1.25 bits per heavy atom. The topological polar surface area (TPSA) is 61.4 Å². The third kappa shape index (κ3) is 2.80. The fourth-order valence-corrected chi connectivity index (χ4v) is 3.39. The van der Waals surface area contributed by atoms with Gasteiger partial charge in [-0.15, -0.1) is 0 Å². The molecule has 0 saturated heterocycles. The second-order valence-corrected chi connectivity index (χ2v) is 5.95. The maximum absolute atomic E-state index is 12.0.